The van der Waals surface area contributed by atoms with E-state index < -0.39 is 12.1 Å². The van der Waals surface area contributed by atoms with Gasteiger partial charge in [0, 0.05) is 12.8 Å². The summed E-state index contributed by atoms with van der Waals surface area (Å²) in [7, 11) is 0. The van der Waals surface area contributed by atoms with E-state index in [1.807, 2.05) is 0 Å². The molecule has 0 aliphatic rings. The van der Waals surface area contributed by atoms with Gasteiger partial charge in [-0.15, -0.1) is 0 Å². The maximum absolute atomic E-state index is 12.4. The molecule has 71 heavy (non-hydrogen) atoms. The summed E-state index contributed by atoms with van der Waals surface area (Å²) in [6, 6.07) is -0.536. The lowest BCUT2D eigenvalue weighted by Crippen LogP contribution is -2.45. The molecule has 1 amide bonds. The lowest BCUT2D eigenvalue weighted by atomic mass is 10.0. The molecule has 2 unspecified atom stereocenters. The number of unbranched alkanes of at least 4 members (excludes halogenated alkanes) is 48. The van der Waals surface area contributed by atoms with Crippen LogP contribution in [0.25, 0.3) is 0 Å². The molecule has 0 aromatic carbocycles. The summed E-state index contributed by atoms with van der Waals surface area (Å²) in [6.07, 6.45) is 74.0. The summed E-state index contributed by atoms with van der Waals surface area (Å²) in [5.41, 5.74) is 0. The topological polar surface area (TPSA) is 95.9 Å². The van der Waals surface area contributed by atoms with Crippen molar-refractivity contribution in [2.45, 2.75) is 379 Å². The SMILES string of the molecule is CCCCCCCCC/C=C\CCCCCCCC(=O)OCCCCCCCCCCCCCCCCCCCCCCCCCCCCCCCC(=O)NC(CO)C(O)CCCCCCCCCCC. The number of esters is 1. The third kappa shape index (κ3) is 57.7. The van der Waals surface area contributed by atoms with Crippen LogP contribution in [0.5, 0.6) is 0 Å². The van der Waals surface area contributed by atoms with Crippen LogP contribution in [0, 0.1) is 0 Å². The van der Waals surface area contributed by atoms with Gasteiger partial charge in [-0.05, 0) is 51.4 Å². The Morgan fingerprint density at radius 2 is 0.662 bits per heavy atom. The molecule has 3 N–H and O–H groups in total. The summed E-state index contributed by atoms with van der Waals surface area (Å²) in [5, 5.41) is 23.1. The minimum atomic E-state index is -0.658. The van der Waals surface area contributed by atoms with Gasteiger partial charge in [0.15, 0.2) is 0 Å². The summed E-state index contributed by atoms with van der Waals surface area (Å²) in [6.45, 7) is 4.95. The predicted molar refractivity (Wildman–Crippen MR) is 310 cm³/mol. The van der Waals surface area contributed by atoms with Gasteiger partial charge in [-0.3, -0.25) is 9.59 Å². The fourth-order valence-corrected chi connectivity index (χ4v) is 10.3. The Morgan fingerprint density at radius 1 is 0.380 bits per heavy atom. The van der Waals surface area contributed by atoms with E-state index in [1.165, 1.54) is 289 Å². The van der Waals surface area contributed by atoms with Crippen molar-refractivity contribution in [2.75, 3.05) is 13.2 Å². The molecule has 0 heterocycles. The second-order valence-corrected chi connectivity index (χ2v) is 22.5. The molecule has 422 valence electrons. The van der Waals surface area contributed by atoms with Gasteiger partial charge in [-0.2, -0.15) is 0 Å². The van der Waals surface area contributed by atoms with Crippen LogP contribution >= 0.6 is 0 Å². The minimum absolute atomic E-state index is 0.0126. The van der Waals surface area contributed by atoms with Crippen molar-refractivity contribution >= 4 is 11.9 Å². The smallest absolute Gasteiger partial charge is 0.305 e. The van der Waals surface area contributed by atoms with Gasteiger partial charge in [0.2, 0.25) is 5.91 Å². The van der Waals surface area contributed by atoms with E-state index >= 15 is 0 Å². The van der Waals surface area contributed by atoms with E-state index in [0.717, 1.165) is 44.9 Å². The lowest BCUT2D eigenvalue weighted by Gasteiger charge is -2.22. The van der Waals surface area contributed by atoms with Crippen LogP contribution in [0.1, 0.15) is 367 Å². The maximum Gasteiger partial charge on any atom is 0.305 e. The Morgan fingerprint density at radius 3 is 1.00 bits per heavy atom. The summed E-state index contributed by atoms with van der Waals surface area (Å²) >= 11 is 0. The third-order valence-corrected chi connectivity index (χ3v) is 15.3. The number of aliphatic hydroxyl groups is 2. The van der Waals surface area contributed by atoms with Crippen molar-refractivity contribution in [3.05, 3.63) is 12.2 Å². The number of rotatable bonds is 61. The van der Waals surface area contributed by atoms with Gasteiger partial charge in [0.05, 0.1) is 25.4 Å². The molecule has 0 spiro atoms. The Kier molecular flexibility index (Phi) is 59.9. The molecule has 0 aromatic heterocycles. The standard InChI is InChI=1S/C65H127NO5/c1-3-5-7-9-11-13-14-15-16-33-36-39-43-47-51-55-59-65(70)71-60-56-52-48-44-40-37-34-31-29-27-25-23-21-19-17-18-20-22-24-26-28-30-32-35-38-42-46-50-54-58-64(69)66-62(61-67)63(68)57-53-49-45-41-12-10-8-6-4-2/h16,33,62-63,67-68H,3-15,17-32,34-61H2,1-2H3,(H,66,69)/b33-16-. The van der Waals surface area contributed by atoms with Crippen molar-refractivity contribution < 1.29 is 24.5 Å². The monoisotopic (exact) mass is 1000 g/mol. The molecule has 0 fully saturated rings. The van der Waals surface area contributed by atoms with Crippen molar-refractivity contribution in [1.82, 2.24) is 5.32 Å². The highest BCUT2D eigenvalue weighted by Crippen LogP contribution is 2.18. The average molecular weight is 1000 g/mol. The van der Waals surface area contributed by atoms with Crippen molar-refractivity contribution in [3.8, 4) is 0 Å². The van der Waals surface area contributed by atoms with E-state index in [4.69, 9.17) is 4.74 Å². The van der Waals surface area contributed by atoms with E-state index in [2.05, 4.69) is 31.3 Å². The van der Waals surface area contributed by atoms with Crippen LogP contribution in [0.15, 0.2) is 12.2 Å². The van der Waals surface area contributed by atoms with Crippen molar-refractivity contribution in [1.29, 1.82) is 0 Å². The first-order valence-corrected chi connectivity index (χ1v) is 32.4. The number of aliphatic hydroxyl groups excluding tert-OH is 2. The number of allylic oxidation sites excluding steroid dienone is 2. The summed E-state index contributed by atoms with van der Waals surface area (Å²) in [4.78, 5) is 24.5. The van der Waals surface area contributed by atoms with Crippen LogP contribution in [-0.4, -0.2) is 47.4 Å². The number of ether oxygens (including phenoxy) is 1. The number of hydrogen-bond acceptors (Lipinski definition) is 5. The quantitative estimate of drug-likeness (QED) is 0.0320. The first-order valence-electron chi connectivity index (χ1n) is 32.4. The lowest BCUT2D eigenvalue weighted by molar-refractivity contribution is -0.143. The van der Waals surface area contributed by atoms with E-state index in [-0.39, 0.29) is 18.5 Å². The van der Waals surface area contributed by atoms with E-state index in [0.29, 0.717) is 25.9 Å². The first-order chi connectivity index (χ1) is 35.0. The zero-order valence-corrected chi connectivity index (χ0v) is 48.2. The number of nitrogens with one attached hydrogen (secondary N) is 1. The molecule has 0 aliphatic carbocycles. The van der Waals surface area contributed by atoms with Gasteiger partial charge in [0.25, 0.3) is 0 Å². The van der Waals surface area contributed by atoms with Gasteiger partial charge in [0.1, 0.15) is 0 Å². The van der Waals surface area contributed by atoms with Crippen molar-refractivity contribution in [3.63, 3.8) is 0 Å². The molecule has 0 aromatic rings. The molecule has 0 saturated carbocycles. The highest BCUT2D eigenvalue weighted by Gasteiger charge is 2.20. The minimum Gasteiger partial charge on any atom is -0.466 e. The Hall–Kier alpha value is -1.40. The molecule has 0 bridgehead atoms. The largest absolute Gasteiger partial charge is 0.466 e. The molecule has 0 rings (SSSR count). The van der Waals surface area contributed by atoms with Crippen LogP contribution in [0.3, 0.4) is 0 Å². The molecule has 6 heteroatoms. The summed E-state index contributed by atoms with van der Waals surface area (Å²) in [5.74, 6) is -0.0196. The van der Waals surface area contributed by atoms with Crippen LogP contribution in [-0.2, 0) is 14.3 Å². The van der Waals surface area contributed by atoms with E-state index in [9.17, 15) is 19.8 Å². The molecule has 6 nitrogen and oxygen atoms in total. The molecule has 2 atom stereocenters. The van der Waals surface area contributed by atoms with E-state index in [1.54, 1.807) is 0 Å². The number of carbonyl (C=O) groups is 2. The average Bonchev–Trinajstić information content (AvgIpc) is 3.37. The number of amides is 1. The zero-order valence-electron chi connectivity index (χ0n) is 48.2. The third-order valence-electron chi connectivity index (χ3n) is 15.3. The molecule has 0 radical (unpaired) electrons. The van der Waals surface area contributed by atoms with Gasteiger partial charge in [-0.25, -0.2) is 0 Å². The van der Waals surface area contributed by atoms with Crippen LogP contribution in [0.2, 0.25) is 0 Å². The highest BCUT2D eigenvalue weighted by molar-refractivity contribution is 5.76. The number of hydrogen-bond donors (Lipinski definition) is 3. The zero-order chi connectivity index (χ0) is 51.4. The van der Waals surface area contributed by atoms with Crippen LogP contribution in [0.4, 0.5) is 0 Å². The second-order valence-electron chi connectivity index (χ2n) is 22.5. The Balaban J connectivity index is 3.29. The summed E-state index contributed by atoms with van der Waals surface area (Å²) < 4.78 is 5.49. The Bertz CT molecular complexity index is 1060. The molecule has 0 aliphatic heterocycles. The first kappa shape index (κ1) is 69.6. The Labute approximate surface area is 444 Å². The van der Waals surface area contributed by atoms with Crippen molar-refractivity contribution in [2.24, 2.45) is 0 Å². The molecule has 0 saturated heterocycles. The molecular formula is C65H127NO5. The highest BCUT2D eigenvalue weighted by atomic mass is 16.5. The fraction of sp³-hybridized carbons (Fsp3) is 0.938. The fourth-order valence-electron chi connectivity index (χ4n) is 10.3. The number of carbonyl (C=O) groups excluding carboxylic acids is 2. The van der Waals surface area contributed by atoms with Gasteiger partial charge < -0.3 is 20.3 Å². The maximum atomic E-state index is 12.4. The van der Waals surface area contributed by atoms with Crippen LogP contribution < -0.4 is 5.32 Å². The van der Waals surface area contributed by atoms with Gasteiger partial charge >= 0.3 is 5.97 Å². The van der Waals surface area contributed by atoms with Gasteiger partial charge in [-0.1, -0.05) is 315 Å². The predicted octanol–water partition coefficient (Wildman–Crippen LogP) is 20.4. The second kappa shape index (κ2) is 61.1. The normalized spacial score (nSPS) is 12.6. The molecular weight excluding hydrogens is 875 g/mol.